The molecule has 0 saturated heterocycles. The van der Waals surface area contributed by atoms with E-state index in [9.17, 15) is 0 Å². The Morgan fingerprint density at radius 3 is 2.41 bits per heavy atom. The monoisotopic (exact) mass is 300 g/mol. The smallest absolute Gasteiger partial charge is 0.222 e. The Kier molecular flexibility index (Phi) is 5.77. The summed E-state index contributed by atoms with van der Waals surface area (Å²) in [4.78, 5) is 10.9. The first-order chi connectivity index (χ1) is 10.6. The summed E-state index contributed by atoms with van der Waals surface area (Å²) in [5, 5.41) is 17.7. The highest BCUT2D eigenvalue weighted by atomic mass is 15.1. The Labute approximate surface area is 131 Å². The van der Waals surface area contributed by atoms with Crippen LogP contribution in [0.1, 0.15) is 31.2 Å². The van der Waals surface area contributed by atoms with Crippen LogP contribution in [0.5, 0.6) is 0 Å². The lowest BCUT2D eigenvalue weighted by Gasteiger charge is -2.32. The van der Waals surface area contributed by atoms with E-state index in [1.807, 2.05) is 0 Å². The van der Waals surface area contributed by atoms with Gasteiger partial charge in [-0.3, -0.25) is 5.41 Å². The van der Waals surface area contributed by atoms with Crippen LogP contribution in [-0.4, -0.2) is 53.0 Å². The van der Waals surface area contributed by atoms with Gasteiger partial charge >= 0.3 is 0 Å². The van der Waals surface area contributed by atoms with Crippen molar-refractivity contribution in [3.05, 3.63) is 24.0 Å². The highest BCUT2D eigenvalue weighted by molar-refractivity contribution is 6.34. The van der Waals surface area contributed by atoms with Gasteiger partial charge in [0.25, 0.3) is 0 Å². The summed E-state index contributed by atoms with van der Waals surface area (Å²) in [6.45, 7) is 0. The van der Waals surface area contributed by atoms with Crippen LogP contribution in [0, 0.1) is 10.8 Å². The van der Waals surface area contributed by atoms with Crippen molar-refractivity contribution in [1.29, 1.82) is 10.8 Å². The van der Waals surface area contributed by atoms with E-state index >= 15 is 0 Å². The van der Waals surface area contributed by atoms with E-state index in [0.717, 1.165) is 24.6 Å². The molecule has 1 heterocycles. The van der Waals surface area contributed by atoms with Gasteiger partial charge in [-0.1, -0.05) is 0 Å². The van der Waals surface area contributed by atoms with Gasteiger partial charge in [0, 0.05) is 36.3 Å². The minimum absolute atomic E-state index is 0.153. The first-order valence-corrected chi connectivity index (χ1v) is 7.60. The summed E-state index contributed by atoms with van der Waals surface area (Å²) in [5.41, 5.74) is 0.980. The maximum Gasteiger partial charge on any atom is 0.222 e. The zero-order chi connectivity index (χ0) is 15.9. The number of anilines is 1. The molecule has 1 fully saturated rings. The van der Waals surface area contributed by atoms with Crippen LogP contribution < -0.4 is 5.32 Å². The lowest BCUT2D eigenvalue weighted by atomic mass is 9.91. The zero-order valence-electron chi connectivity index (χ0n) is 13.2. The molecule has 3 N–H and O–H groups in total. The van der Waals surface area contributed by atoms with E-state index in [4.69, 9.17) is 10.8 Å². The van der Waals surface area contributed by atoms with Gasteiger partial charge in [0.1, 0.15) is 0 Å². The number of allylic oxidation sites excluding steroid dienone is 1. The Balaban J connectivity index is 1.85. The molecule has 1 aromatic heterocycles. The second-order valence-electron chi connectivity index (χ2n) is 5.89. The van der Waals surface area contributed by atoms with Gasteiger partial charge in [-0.15, -0.1) is 0 Å². The van der Waals surface area contributed by atoms with Crippen LogP contribution in [0.25, 0.3) is 6.08 Å². The molecule has 0 spiro atoms. The normalized spacial score (nSPS) is 22.0. The standard InChI is InChI=1S/C16H24N6/c1-22(2)15-7-5-14(6-8-15)21-16-19-10-12(11-20-16)3-4-13(18)9-17/h3-4,9-11,14-15,17-18H,5-8H2,1-2H3,(H,19,20,21)/b4-3+,17-9?,18-13?. The zero-order valence-corrected chi connectivity index (χ0v) is 13.2. The molecular weight excluding hydrogens is 276 g/mol. The molecule has 0 aliphatic heterocycles. The average molecular weight is 300 g/mol. The predicted molar refractivity (Wildman–Crippen MR) is 90.9 cm³/mol. The quantitative estimate of drug-likeness (QED) is 0.704. The fourth-order valence-electron chi connectivity index (χ4n) is 2.65. The summed E-state index contributed by atoms with van der Waals surface area (Å²) >= 11 is 0. The average Bonchev–Trinajstić information content (AvgIpc) is 2.54. The van der Waals surface area contributed by atoms with Crippen LogP contribution in [0.2, 0.25) is 0 Å². The van der Waals surface area contributed by atoms with Crippen LogP contribution in [-0.2, 0) is 0 Å². The number of aromatic nitrogens is 2. The van der Waals surface area contributed by atoms with E-state index in [-0.39, 0.29) is 5.71 Å². The molecule has 1 aliphatic carbocycles. The molecule has 0 amide bonds. The lowest BCUT2D eigenvalue weighted by molar-refractivity contribution is 0.221. The Morgan fingerprint density at radius 2 is 1.86 bits per heavy atom. The molecule has 2 rings (SSSR count). The second kappa shape index (κ2) is 7.79. The minimum Gasteiger partial charge on any atom is -0.351 e. The van der Waals surface area contributed by atoms with Gasteiger partial charge in [0.05, 0.1) is 5.71 Å². The van der Waals surface area contributed by atoms with Crippen LogP contribution in [0.3, 0.4) is 0 Å². The summed E-state index contributed by atoms with van der Waals surface area (Å²) in [6.07, 6.45) is 12.4. The van der Waals surface area contributed by atoms with Crippen molar-refractivity contribution >= 4 is 24.0 Å². The third kappa shape index (κ3) is 4.73. The van der Waals surface area contributed by atoms with Gasteiger partial charge in [0.2, 0.25) is 5.95 Å². The van der Waals surface area contributed by atoms with Crippen molar-refractivity contribution in [1.82, 2.24) is 14.9 Å². The molecule has 0 atom stereocenters. The molecule has 0 radical (unpaired) electrons. The fourth-order valence-corrected chi connectivity index (χ4v) is 2.65. The second-order valence-corrected chi connectivity index (χ2v) is 5.89. The van der Waals surface area contributed by atoms with E-state index < -0.39 is 0 Å². The Bertz CT molecular complexity index is 526. The molecule has 0 aromatic carbocycles. The fraction of sp³-hybridized carbons (Fsp3) is 0.500. The van der Waals surface area contributed by atoms with Crippen LogP contribution in [0.15, 0.2) is 18.5 Å². The molecule has 22 heavy (non-hydrogen) atoms. The van der Waals surface area contributed by atoms with Crippen LogP contribution in [0.4, 0.5) is 5.95 Å². The summed E-state index contributed by atoms with van der Waals surface area (Å²) in [6, 6.07) is 1.14. The van der Waals surface area contributed by atoms with Crippen molar-refractivity contribution in [2.24, 2.45) is 0 Å². The van der Waals surface area contributed by atoms with Gasteiger partial charge in [-0.2, -0.15) is 0 Å². The van der Waals surface area contributed by atoms with Crippen LogP contribution >= 0.6 is 0 Å². The van der Waals surface area contributed by atoms with Crippen molar-refractivity contribution < 1.29 is 0 Å². The Hall–Kier alpha value is -2.08. The van der Waals surface area contributed by atoms with Gasteiger partial charge < -0.3 is 15.6 Å². The van der Waals surface area contributed by atoms with E-state index in [1.165, 1.54) is 12.8 Å². The molecule has 0 unspecified atom stereocenters. The molecule has 6 heteroatoms. The summed E-state index contributed by atoms with van der Waals surface area (Å²) in [7, 11) is 4.29. The molecule has 1 saturated carbocycles. The highest BCUT2D eigenvalue weighted by Gasteiger charge is 2.22. The largest absolute Gasteiger partial charge is 0.351 e. The molecule has 1 aromatic rings. The van der Waals surface area contributed by atoms with Gasteiger partial charge in [-0.05, 0) is 51.9 Å². The number of hydrogen-bond acceptors (Lipinski definition) is 6. The summed E-state index contributed by atoms with van der Waals surface area (Å²) in [5.74, 6) is 0.660. The first kappa shape index (κ1) is 16.3. The predicted octanol–water partition coefficient (Wildman–Crippen LogP) is 2.44. The van der Waals surface area contributed by atoms with E-state index in [1.54, 1.807) is 24.5 Å². The SMILES string of the molecule is CN(C)C1CCC(Nc2ncc(/C=C/C(=N)C=N)cn2)CC1. The maximum atomic E-state index is 7.36. The number of nitrogens with zero attached hydrogens (tertiary/aromatic N) is 3. The van der Waals surface area contributed by atoms with Crippen molar-refractivity contribution in [3.63, 3.8) is 0 Å². The molecule has 1 aliphatic rings. The number of rotatable bonds is 6. The van der Waals surface area contributed by atoms with Gasteiger partial charge in [0.15, 0.2) is 0 Å². The topological polar surface area (TPSA) is 88.8 Å². The molecule has 0 bridgehead atoms. The number of hydrogen-bond donors (Lipinski definition) is 3. The van der Waals surface area contributed by atoms with Gasteiger partial charge in [-0.25, -0.2) is 9.97 Å². The third-order valence-corrected chi connectivity index (χ3v) is 4.04. The van der Waals surface area contributed by atoms with Crippen molar-refractivity contribution in [3.8, 4) is 0 Å². The van der Waals surface area contributed by atoms with Crippen molar-refractivity contribution in [2.75, 3.05) is 19.4 Å². The molecular formula is C16H24N6. The third-order valence-electron chi connectivity index (χ3n) is 4.04. The first-order valence-electron chi connectivity index (χ1n) is 7.60. The maximum absolute atomic E-state index is 7.36. The molecule has 118 valence electrons. The highest BCUT2D eigenvalue weighted by Crippen LogP contribution is 2.23. The molecule has 6 nitrogen and oxygen atoms in total. The lowest BCUT2D eigenvalue weighted by Crippen LogP contribution is -2.36. The minimum atomic E-state index is 0.153. The van der Waals surface area contributed by atoms with E-state index in [2.05, 4.69) is 34.3 Å². The van der Waals surface area contributed by atoms with E-state index in [0.29, 0.717) is 18.0 Å². The van der Waals surface area contributed by atoms with Crippen molar-refractivity contribution in [2.45, 2.75) is 37.8 Å². The Morgan fingerprint density at radius 1 is 1.23 bits per heavy atom. The number of nitrogens with one attached hydrogen (secondary N) is 3. The summed E-state index contributed by atoms with van der Waals surface area (Å²) < 4.78 is 0.